The normalized spacial score (nSPS) is 15.5. The highest BCUT2D eigenvalue weighted by molar-refractivity contribution is 7.89. The Balaban J connectivity index is 1.34. The number of aryl methyl sites for hydroxylation is 1. The summed E-state index contributed by atoms with van der Waals surface area (Å²) in [5.74, 6) is 0.801. The minimum absolute atomic E-state index is 0.0725. The lowest BCUT2D eigenvalue weighted by atomic mass is 10.1. The van der Waals surface area contributed by atoms with Crippen molar-refractivity contribution in [3.8, 4) is 22.9 Å². The van der Waals surface area contributed by atoms with E-state index in [0.717, 1.165) is 5.56 Å². The van der Waals surface area contributed by atoms with Gasteiger partial charge in [-0.15, -0.1) is 0 Å². The molecule has 1 amide bonds. The summed E-state index contributed by atoms with van der Waals surface area (Å²) in [5, 5.41) is 3.88. The molecule has 3 aromatic rings. The molecule has 2 aromatic carbocycles. The van der Waals surface area contributed by atoms with Crippen molar-refractivity contribution in [2.75, 3.05) is 33.1 Å². The van der Waals surface area contributed by atoms with Crippen LogP contribution in [0.5, 0.6) is 11.5 Å². The fraction of sp³-hybridized carbons (Fsp3) is 0.318. The average Bonchev–Trinajstić information content (AvgIpc) is 3.53. The molecule has 1 fully saturated rings. The molecule has 0 aliphatic carbocycles. The first-order valence-electron chi connectivity index (χ1n) is 10.6. The van der Waals surface area contributed by atoms with Crippen LogP contribution in [0.1, 0.15) is 21.8 Å². The van der Waals surface area contributed by atoms with Gasteiger partial charge in [-0.05, 0) is 36.2 Å². The van der Waals surface area contributed by atoms with Gasteiger partial charge in [0.2, 0.25) is 22.6 Å². The number of ether oxygens (including phenoxy) is 3. The second-order valence-electron chi connectivity index (χ2n) is 7.82. The van der Waals surface area contributed by atoms with E-state index in [2.05, 4.69) is 14.9 Å². The number of hydrogen-bond donors (Lipinski definition) is 1. The third kappa shape index (κ3) is 4.47. The van der Waals surface area contributed by atoms with Gasteiger partial charge in [-0.1, -0.05) is 23.4 Å². The number of morpholine rings is 1. The average molecular weight is 487 g/mol. The van der Waals surface area contributed by atoms with Gasteiger partial charge in [0.05, 0.1) is 18.1 Å². The van der Waals surface area contributed by atoms with Crippen LogP contribution in [-0.4, -0.2) is 62.5 Å². The summed E-state index contributed by atoms with van der Waals surface area (Å²) in [4.78, 5) is 18.4. The first-order chi connectivity index (χ1) is 16.4. The van der Waals surface area contributed by atoms with E-state index in [1.807, 2.05) is 0 Å². The van der Waals surface area contributed by atoms with Crippen molar-refractivity contribution >= 4 is 15.9 Å². The van der Waals surface area contributed by atoms with Crippen LogP contribution in [0, 0.1) is 6.92 Å². The van der Waals surface area contributed by atoms with E-state index in [-0.39, 0.29) is 35.9 Å². The van der Waals surface area contributed by atoms with E-state index < -0.39 is 10.0 Å². The molecule has 0 spiro atoms. The lowest BCUT2D eigenvalue weighted by Gasteiger charge is -2.25. The Morgan fingerprint density at radius 2 is 1.88 bits per heavy atom. The molecule has 12 heteroatoms. The molecule has 0 atom stereocenters. The maximum Gasteiger partial charge on any atom is 0.316 e. The van der Waals surface area contributed by atoms with E-state index in [1.54, 1.807) is 42.2 Å². The van der Waals surface area contributed by atoms with Gasteiger partial charge in [0.25, 0.3) is 0 Å². The Morgan fingerprint density at radius 1 is 1.09 bits per heavy atom. The highest BCUT2D eigenvalue weighted by Crippen LogP contribution is 2.32. The number of nitrogens with zero attached hydrogens (tertiary/aromatic N) is 3. The molecule has 5 rings (SSSR count). The van der Waals surface area contributed by atoms with Crippen LogP contribution in [0.3, 0.4) is 0 Å². The highest BCUT2D eigenvalue weighted by Gasteiger charge is 2.25. The van der Waals surface area contributed by atoms with Crippen molar-refractivity contribution < 1.29 is 31.9 Å². The molecule has 178 valence electrons. The van der Waals surface area contributed by atoms with Gasteiger partial charge in [0.1, 0.15) is 0 Å². The van der Waals surface area contributed by atoms with Gasteiger partial charge >= 0.3 is 11.8 Å². The van der Waals surface area contributed by atoms with Gasteiger partial charge in [0, 0.05) is 25.2 Å². The SMILES string of the molecule is Cc1ccc(-c2noc(C(=O)N3CCOCC3)n2)cc1S(=O)(=O)NCc1ccc2c(c1)OCO2. The van der Waals surface area contributed by atoms with Crippen molar-refractivity contribution in [1.29, 1.82) is 0 Å². The zero-order valence-electron chi connectivity index (χ0n) is 18.3. The van der Waals surface area contributed by atoms with Crippen molar-refractivity contribution in [2.45, 2.75) is 18.4 Å². The number of carbonyl (C=O) groups excluding carboxylic acids is 1. The van der Waals surface area contributed by atoms with E-state index in [0.29, 0.717) is 48.9 Å². The number of hydrogen-bond acceptors (Lipinski definition) is 9. The number of carbonyl (C=O) groups is 1. The summed E-state index contributed by atoms with van der Waals surface area (Å²) < 4.78 is 49.7. The van der Waals surface area contributed by atoms with Gasteiger partial charge in [-0.25, -0.2) is 13.1 Å². The molecule has 2 aliphatic heterocycles. The number of rotatable bonds is 6. The van der Waals surface area contributed by atoms with Crippen molar-refractivity contribution in [3.05, 3.63) is 53.4 Å². The Morgan fingerprint density at radius 3 is 2.71 bits per heavy atom. The minimum atomic E-state index is -3.86. The summed E-state index contributed by atoms with van der Waals surface area (Å²) in [6.07, 6.45) is 0. The number of benzene rings is 2. The Labute approximate surface area is 195 Å². The molecule has 0 unspecified atom stereocenters. The third-order valence-electron chi connectivity index (χ3n) is 5.55. The molecule has 1 aromatic heterocycles. The molecule has 3 heterocycles. The van der Waals surface area contributed by atoms with E-state index in [1.165, 1.54) is 6.07 Å². The lowest BCUT2D eigenvalue weighted by molar-refractivity contribution is 0.0272. The number of aromatic nitrogens is 2. The highest BCUT2D eigenvalue weighted by atomic mass is 32.2. The van der Waals surface area contributed by atoms with Gasteiger partial charge in [0.15, 0.2) is 11.5 Å². The quantitative estimate of drug-likeness (QED) is 0.553. The van der Waals surface area contributed by atoms with Gasteiger partial charge < -0.3 is 23.6 Å². The molecular formula is C22H22N4O7S. The van der Waals surface area contributed by atoms with Gasteiger partial charge in [-0.2, -0.15) is 4.98 Å². The van der Waals surface area contributed by atoms with Crippen LogP contribution in [0.4, 0.5) is 0 Å². The van der Waals surface area contributed by atoms with Crippen LogP contribution in [0.25, 0.3) is 11.4 Å². The fourth-order valence-corrected chi connectivity index (χ4v) is 4.95. The van der Waals surface area contributed by atoms with Crippen molar-refractivity contribution in [1.82, 2.24) is 19.8 Å². The number of amides is 1. The summed E-state index contributed by atoms with van der Waals surface area (Å²) >= 11 is 0. The van der Waals surface area contributed by atoms with Crippen LogP contribution < -0.4 is 14.2 Å². The van der Waals surface area contributed by atoms with Crippen LogP contribution in [0.15, 0.2) is 45.8 Å². The standard InChI is InChI=1S/C22H22N4O7S/c1-14-2-4-16(20-24-21(33-25-20)22(27)26-6-8-30-9-7-26)11-19(14)34(28,29)23-12-15-3-5-17-18(10-15)32-13-31-17/h2-5,10-11,23H,6-9,12-13H2,1H3. The van der Waals surface area contributed by atoms with E-state index >= 15 is 0 Å². The Hall–Kier alpha value is -3.48. The van der Waals surface area contributed by atoms with Crippen molar-refractivity contribution in [3.63, 3.8) is 0 Å². The third-order valence-corrected chi connectivity index (χ3v) is 7.09. The second kappa shape index (κ2) is 9.05. The zero-order chi connectivity index (χ0) is 23.7. The maximum atomic E-state index is 13.1. The Bertz CT molecular complexity index is 1330. The van der Waals surface area contributed by atoms with Crippen LogP contribution >= 0.6 is 0 Å². The first-order valence-corrected chi connectivity index (χ1v) is 12.1. The van der Waals surface area contributed by atoms with E-state index in [4.69, 9.17) is 18.7 Å². The molecule has 2 aliphatic rings. The van der Waals surface area contributed by atoms with Crippen LogP contribution in [-0.2, 0) is 21.3 Å². The lowest BCUT2D eigenvalue weighted by Crippen LogP contribution is -2.40. The minimum Gasteiger partial charge on any atom is -0.454 e. The molecule has 11 nitrogen and oxygen atoms in total. The Kier molecular flexibility index (Phi) is 5.94. The molecular weight excluding hydrogens is 464 g/mol. The molecule has 34 heavy (non-hydrogen) atoms. The first kappa shape index (κ1) is 22.3. The second-order valence-corrected chi connectivity index (χ2v) is 9.56. The van der Waals surface area contributed by atoms with E-state index in [9.17, 15) is 13.2 Å². The molecule has 0 saturated carbocycles. The predicted octanol–water partition coefficient (Wildman–Crippen LogP) is 1.72. The fourth-order valence-electron chi connectivity index (χ4n) is 3.67. The molecule has 1 saturated heterocycles. The predicted molar refractivity (Wildman–Crippen MR) is 118 cm³/mol. The topological polar surface area (TPSA) is 133 Å². The summed E-state index contributed by atoms with van der Waals surface area (Å²) in [6.45, 7) is 3.70. The molecule has 0 bridgehead atoms. The van der Waals surface area contributed by atoms with Crippen LogP contribution in [0.2, 0.25) is 0 Å². The smallest absolute Gasteiger partial charge is 0.316 e. The summed E-state index contributed by atoms with van der Waals surface area (Å²) in [6, 6.07) is 10.0. The van der Waals surface area contributed by atoms with Crippen molar-refractivity contribution in [2.24, 2.45) is 0 Å². The van der Waals surface area contributed by atoms with Gasteiger partial charge in [-0.3, -0.25) is 4.79 Å². The largest absolute Gasteiger partial charge is 0.454 e. The maximum absolute atomic E-state index is 13.1. The number of nitrogens with one attached hydrogen (secondary N) is 1. The monoisotopic (exact) mass is 486 g/mol. The summed E-state index contributed by atoms with van der Waals surface area (Å²) in [5.41, 5.74) is 1.69. The summed E-state index contributed by atoms with van der Waals surface area (Å²) in [7, 11) is -3.86. The number of sulfonamides is 1. The molecule has 1 N–H and O–H groups in total. The number of fused-ring (bicyclic) bond motifs is 1. The molecule has 0 radical (unpaired) electrons. The zero-order valence-corrected chi connectivity index (χ0v) is 19.1.